The topological polar surface area (TPSA) is 24.1 Å². The molecule has 2 aromatic rings. The summed E-state index contributed by atoms with van der Waals surface area (Å²) in [7, 11) is 0. The summed E-state index contributed by atoms with van der Waals surface area (Å²) >= 11 is 5.29. The van der Waals surface area contributed by atoms with Gasteiger partial charge >= 0.3 is 0 Å². The number of rotatable bonds is 5. The first kappa shape index (κ1) is 16.2. The van der Waals surface area contributed by atoms with Crippen molar-refractivity contribution in [2.75, 3.05) is 6.54 Å². The average molecular weight is 310 g/mol. The normalized spacial score (nSPS) is 11.5. The molecule has 1 atom stereocenters. The molecule has 2 N–H and O–H groups in total. The summed E-state index contributed by atoms with van der Waals surface area (Å²) in [6, 6.07) is 19.1. The quantitative estimate of drug-likeness (QED) is 0.630. The van der Waals surface area contributed by atoms with Crippen molar-refractivity contribution in [3.63, 3.8) is 0 Å². The van der Waals surface area contributed by atoms with Gasteiger partial charge in [-0.05, 0) is 42.8 Å². The molecule has 0 saturated heterocycles. The Morgan fingerprint density at radius 1 is 1.05 bits per heavy atom. The van der Waals surface area contributed by atoms with E-state index in [2.05, 4.69) is 72.7 Å². The first-order valence-electron chi connectivity index (χ1n) is 7.40. The molecule has 0 bridgehead atoms. The van der Waals surface area contributed by atoms with E-state index in [9.17, 15) is 0 Å². The molecule has 0 unspecified atom stereocenters. The predicted molar refractivity (Wildman–Crippen MR) is 98.8 cm³/mol. The number of hydrogen-bond acceptors (Lipinski definition) is 1. The van der Waals surface area contributed by atoms with Crippen molar-refractivity contribution in [2.24, 2.45) is 0 Å². The largest absolute Gasteiger partial charge is 0.359 e. The Morgan fingerprint density at radius 3 is 2.23 bits per heavy atom. The smallest absolute Gasteiger partial charge is 0.167 e. The fourth-order valence-corrected chi connectivity index (χ4v) is 2.41. The first-order valence-corrected chi connectivity index (χ1v) is 7.81. The Morgan fingerprint density at radius 2 is 1.64 bits per heavy atom. The Balaban J connectivity index is 1.98. The lowest BCUT2D eigenvalue weighted by Crippen LogP contribution is -2.37. The molecule has 114 valence electrons. The predicted octanol–water partition coefficient (Wildman–Crippen LogP) is 4.45. The van der Waals surface area contributed by atoms with E-state index in [0.29, 0.717) is 11.7 Å². The third kappa shape index (κ3) is 4.71. The number of benzene rings is 2. The minimum Gasteiger partial charge on any atom is -0.359 e. The van der Waals surface area contributed by atoms with Crippen LogP contribution in [0.15, 0.2) is 66.7 Å². The first-order chi connectivity index (χ1) is 10.6. The van der Waals surface area contributed by atoms with Gasteiger partial charge < -0.3 is 10.6 Å². The van der Waals surface area contributed by atoms with Crippen molar-refractivity contribution in [3.05, 3.63) is 72.3 Å². The maximum absolute atomic E-state index is 5.29. The minimum atomic E-state index is 0.162. The van der Waals surface area contributed by atoms with Crippen LogP contribution in [0.25, 0.3) is 11.1 Å². The molecule has 0 amide bonds. The summed E-state index contributed by atoms with van der Waals surface area (Å²) in [6.45, 7) is 8.63. The van der Waals surface area contributed by atoms with E-state index >= 15 is 0 Å². The molecule has 0 fully saturated rings. The average Bonchev–Trinajstić information content (AvgIpc) is 2.54. The van der Waals surface area contributed by atoms with Gasteiger partial charge in [0.2, 0.25) is 0 Å². The van der Waals surface area contributed by atoms with Crippen molar-refractivity contribution >= 4 is 17.3 Å². The van der Waals surface area contributed by atoms with Crippen LogP contribution in [0, 0.1) is 0 Å². The van der Waals surface area contributed by atoms with Gasteiger partial charge in [-0.3, -0.25) is 0 Å². The molecule has 2 rings (SSSR count). The van der Waals surface area contributed by atoms with Gasteiger partial charge in [0.1, 0.15) is 0 Å². The minimum absolute atomic E-state index is 0.162. The molecule has 2 nitrogen and oxygen atoms in total. The molecule has 0 aliphatic heterocycles. The number of thiocarbonyl (C=S) groups is 1. The molecular formula is C19H22N2S. The lowest BCUT2D eigenvalue weighted by molar-refractivity contribution is 0.704. The van der Waals surface area contributed by atoms with Crippen LogP contribution in [0.1, 0.15) is 25.5 Å². The van der Waals surface area contributed by atoms with E-state index < -0.39 is 0 Å². The van der Waals surface area contributed by atoms with Crippen molar-refractivity contribution in [2.45, 2.75) is 19.9 Å². The zero-order chi connectivity index (χ0) is 15.9. The molecule has 2 aromatic carbocycles. The molecule has 3 heteroatoms. The summed E-state index contributed by atoms with van der Waals surface area (Å²) < 4.78 is 0. The van der Waals surface area contributed by atoms with Gasteiger partial charge in [0, 0.05) is 6.54 Å². The second-order valence-electron chi connectivity index (χ2n) is 5.49. The maximum Gasteiger partial charge on any atom is 0.167 e. The highest BCUT2D eigenvalue weighted by atomic mass is 32.1. The lowest BCUT2D eigenvalue weighted by Gasteiger charge is -2.18. The van der Waals surface area contributed by atoms with Gasteiger partial charge in [0.05, 0.1) is 6.04 Å². The van der Waals surface area contributed by atoms with Crippen LogP contribution in [0.3, 0.4) is 0 Å². The van der Waals surface area contributed by atoms with Crippen LogP contribution in [0.4, 0.5) is 0 Å². The van der Waals surface area contributed by atoms with Gasteiger partial charge in [-0.15, -0.1) is 0 Å². The van der Waals surface area contributed by atoms with Crippen LogP contribution in [-0.4, -0.2) is 11.7 Å². The molecule has 22 heavy (non-hydrogen) atoms. The summed E-state index contributed by atoms with van der Waals surface area (Å²) in [5, 5.41) is 7.09. The molecule has 0 aromatic heterocycles. The lowest BCUT2D eigenvalue weighted by atomic mass is 10.0. The molecular weight excluding hydrogens is 288 g/mol. The fraction of sp³-hybridized carbons (Fsp3) is 0.211. The second kappa shape index (κ2) is 7.76. The van der Waals surface area contributed by atoms with Gasteiger partial charge in [-0.25, -0.2) is 0 Å². The molecule has 0 saturated carbocycles. The Kier molecular flexibility index (Phi) is 5.73. The second-order valence-corrected chi connectivity index (χ2v) is 5.90. The third-order valence-corrected chi connectivity index (χ3v) is 3.68. The summed E-state index contributed by atoms with van der Waals surface area (Å²) in [4.78, 5) is 0. The molecule has 0 radical (unpaired) electrons. The number of hydrogen-bond donors (Lipinski definition) is 2. The van der Waals surface area contributed by atoms with Crippen molar-refractivity contribution < 1.29 is 0 Å². The highest BCUT2D eigenvalue weighted by Gasteiger charge is 2.07. The monoisotopic (exact) mass is 310 g/mol. The number of nitrogens with one attached hydrogen (secondary N) is 2. The molecule has 0 aliphatic carbocycles. The summed E-state index contributed by atoms with van der Waals surface area (Å²) in [6.07, 6.45) is 0. The molecule has 0 aliphatic rings. The van der Waals surface area contributed by atoms with Crippen LogP contribution in [0.2, 0.25) is 0 Å². The van der Waals surface area contributed by atoms with Crippen molar-refractivity contribution in [1.29, 1.82) is 0 Å². The van der Waals surface area contributed by atoms with E-state index in [1.807, 2.05) is 13.0 Å². The molecule has 0 heterocycles. The van der Waals surface area contributed by atoms with Crippen LogP contribution < -0.4 is 10.6 Å². The standard InChI is InChI=1S/C19H22N2S/c1-14(2)13-20-19(22)21-15(3)16-9-11-18(12-10-16)17-7-5-4-6-8-17/h4-12,15H,1,13H2,2-3H3,(H2,20,21,22)/t15-/m1/s1. The van der Waals surface area contributed by atoms with Gasteiger partial charge in [-0.2, -0.15) is 0 Å². The van der Waals surface area contributed by atoms with Gasteiger partial charge in [-0.1, -0.05) is 66.7 Å². The van der Waals surface area contributed by atoms with Crippen LogP contribution in [-0.2, 0) is 0 Å². The third-order valence-electron chi connectivity index (χ3n) is 3.42. The fourth-order valence-electron chi connectivity index (χ4n) is 2.16. The SMILES string of the molecule is C=C(C)CNC(=S)N[C@H](C)c1ccc(-c2ccccc2)cc1. The summed E-state index contributed by atoms with van der Waals surface area (Å²) in [5.41, 5.74) is 4.72. The van der Waals surface area contributed by atoms with Crippen LogP contribution in [0.5, 0.6) is 0 Å². The van der Waals surface area contributed by atoms with E-state index in [0.717, 1.165) is 5.57 Å². The van der Waals surface area contributed by atoms with E-state index in [1.54, 1.807) is 0 Å². The van der Waals surface area contributed by atoms with Gasteiger partial charge in [0.15, 0.2) is 5.11 Å². The molecule has 0 spiro atoms. The van der Waals surface area contributed by atoms with Gasteiger partial charge in [0.25, 0.3) is 0 Å². The van der Waals surface area contributed by atoms with Crippen LogP contribution >= 0.6 is 12.2 Å². The van der Waals surface area contributed by atoms with Crippen molar-refractivity contribution in [3.8, 4) is 11.1 Å². The highest BCUT2D eigenvalue weighted by molar-refractivity contribution is 7.80. The summed E-state index contributed by atoms with van der Waals surface area (Å²) in [5.74, 6) is 0. The zero-order valence-corrected chi connectivity index (χ0v) is 13.9. The van der Waals surface area contributed by atoms with Crippen molar-refractivity contribution in [1.82, 2.24) is 10.6 Å². The zero-order valence-electron chi connectivity index (χ0n) is 13.1. The van der Waals surface area contributed by atoms with E-state index in [1.165, 1.54) is 16.7 Å². The van der Waals surface area contributed by atoms with E-state index in [-0.39, 0.29) is 6.04 Å². The Labute approximate surface area is 138 Å². The Bertz CT molecular complexity index is 632. The maximum atomic E-state index is 5.29. The Hall–Kier alpha value is -2.13. The highest BCUT2D eigenvalue weighted by Crippen LogP contribution is 2.21. The van der Waals surface area contributed by atoms with E-state index in [4.69, 9.17) is 12.2 Å².